The van der Waals surface area contributed by atoms with E-state index in [9.17, 15) is 10.1 Å². The Morgan fingerprint density at radius 2 is 2.22 bits per heavy atom. The summed E-state index contributed by atoms with van der Waals surface area (Å²) in [5, 5.41) is 11.8. The first-order valence-corrected chi connectivity index (χ1v) is 6.71. The van der Waals surface area contributed by atoms with Crippen LogP contribution in [0.5, 0.6) is 0 Å². The topological polar surface area (TPSA) is 71.8 Å². The van der Waals surface area contributed by atoms with Crippen molar-refractivity contribution in [2.75, 3.05) is 0 Å². The van der Waals surface area contributed by atoms with Crippen molar-refractivity contribution < 1.29 is 4.92 Å². The molecule has 0 amide bonds. The van der Waals surface area contributed by atoms with Crippen molar-refractivity contribution in [3.05, 3.63) is 46.8 Å². The van der Waals surface area contributed by atoms with Crippen molar-refractivity contribution in [2.45, 2.75) is 9.10 Å². The van der Waals surface area contributed by atoms with Gasteiger partial charge in [0.2, 0.25) is 0 Å². The molecule has 7 heteroatoms. The lowest BCUT2D eigenvalue weighted by Crippen LogP contribution is -1.80. The van der Waals surface area contributed by atoms with Crippen LogP contribution in [-0.4, -0.2) is 14.9 Å². The zero-order valence-corrected chi connectivity index (χ0v) is 10.6. The van der Waals surface area contributed by atoms with E-state index in [1.807, 2.05) is 18.3 Å². The van der Waals surface area contributed by atoms with Gasteiger partial charge in [-0.05, 0) is 18.2 Å². The number of nitrogens with zero attached hydrogens (tertiary/aromatic N) is 2. The normalized spacial score (nSPS) is 10.9. The van der Waals surface area contributed by atoms with Gasteiger partial charge in [-0.15, -0.1) is 0 Å². The highest BCUT2D eigenvalue weighted by Gasteiger charge is 2.12. The number of hydrogen-bond donors (Lipinski definition) is 1. The van der Waals surface area contributed by atoms with Gasteiger partial charge in [0.15, 0.2) is 0 Å². The average Bonchev–Trinajstić information content (AvgIpc) is 2.97. The second-order valence-corrected chi connectivity index (χ2v) is 5.91. The number of nitrogens with one attached hydrogen (secondary N) is 1. The summed E-state index contributed by atoms with van der Waals surface area (Å²) in [7, 11) is 0. The molecular formula is C11H7N3O2S2. The lowest BCUT2D eigenvalue weighted by molar-refractivity contribution is -0.380. The van der Waals surface area contributed by atoms with Gasteiger partial charge in [0.1, 0.15) is 5.65 Å². The largest absolute Gasteiger partial charge is 0.346 e. The Bertz CT molecular complexity index is 720. The van der Waals surface area contributed by atoms with Crippen LogP contribution in [0.3, 0.4) is 0 Å². The molecule has 3 rings (SSSR count). The molecule has 0 aromatic carbocycles. The molecule has 0 aliphatic rings. The van der Waals surface area contributed by atoms with Crippen LogP contribution in [0.4, 0.5) is 5.00 Å². The standard InChI is InChI=1S/C11H7N3O2S2/c15-14(16)9-1-2-10(18-9)17-8-4-6-13-11-7(8)3-5-12-11/h1-6H,(H,12,13). The second-order valence-electron chi connectivity index (χ2n) is 3.50. The first-order chi connectivity index (χ1) is 8.74. The van der Waals surface area contributed by atoms with E-state index in [1.165, 1.54) is 29.2 Å². The number of rotatable bonds is 3. The third-order valence-electron chi connectivity index (χ3n) is 2.38. The van der Waals surface area contributed by atoms with Crippen LogP contribution in [0.15, 0.2) is 45.8 Å². The molecule has 0 saturated heterocycles. The SMILES string of the molecule is O=[N+]([O-])c1ccc(Sc2ccnc3[nH]ccc23)s1. The zero-order valence-electron chi connectivity index (χ0n) is 8.99. The van der Waals surface area contributed by atoms with E-state index in [-0.39, 0.29) is 9.92 Å². The van der Waals surface area contributed by atoms with E-state index in [2.05, 4.69) is 9.97 Å². The van der Waals surface area contributed by atoms with E-state index in [0.29, 0.717) is 0 Å². The van der Waals surface area contributed by atoms with E-state index >= 15 is 0 Å². The third-order valence-corrected chi connectivity index (χ3v) is 4.62. The molecule has 18 heavy (non-hydrogen) atoms. The quantitative estimate of drug-likeness (QED) is 0.585. The molecule has 3 aromatic heterocycles. The molecule has 90 valence electrons. The van der Waals surface area contributed by atoms with Crippen molar-refractivity contribution >= 4 is 39.1 Å². The molecule has 0 fully saturated rings. The van der Waals surface area contributed by atoms with Crippen LogP contribution in [-0.2, 0) is 0 Å². The van der Waals surface area contributed by atoms with Crippen molar-refractivity contribution in [3.8, 4) is 0 Å². The minimum absolute atomic E-state index is 0.164. The molecular weight excluding hydrogens is 270 g/mol. The maximum Gasteiger partial charge on any atom is 0.325 e. The zero-order chi connectivity index (χ0) is 12.5. The van der Waals surface area contributed by atoms with E-state index < -0.39 is 0 Å². The molecule has 0 bridgehead atoms. The minimum atomic E-state index is -0.368. The molecule has 0 aliphatic heterocycles. The Hall–Kier alpha value is -1.86. The van der Waals surface area contributed by atoms with Crippen molar-refractivity contribution in [2.24, 2.45) is 0 Å². The fourth-order valence-electron chi connectivity index (χ4n) is 1.60. The van der Waals surface area contributed by atoms with Gasteiger partial charge in [0.05, 0.1) is 9.13 Å². The Morgan fingerprint density at radius 3 is 3.00 bits per heavy atom. The number of H-pyrrole nitrogens is 1. The van der Waals surface area contributed by atoms with Crippen LogP contribution < -0.4 is 0 Å². The Morgan fingerprint density at radius 1 is 1.33 bits per heavy atom. The molecule has 5 nitrogen and oxygen atoms in total. The number of pyridine rings is 1. The molecule has 1 N–H and O–H groups in total. The van der Waals surface area contributed by atoms with Crippen molar-refractivity contribution in [3.63, 3.8) is 0 Å². The Kier molecular flexibility index (Phi) is 2.77. The van der Waals surface area contributed by atoms with E-state index in [1.54, 1.807) is 12.3 Å². The highest BCUT2D eigenvalue weighted by atomic mass is 32.2. The smallest absolute Gasteiger partial charge is 0.325 e. The van der Waals surface area contributed by atoms with Gasteiger partial charge in [-0.25, -0.2) is 4.98 Å². The molecule has 0 spiro atoms. The molecule has 0 aliphatic carbocycles. The Labute approximate surface area is 110 Å². The molecule has 0 atom stereocenters. The van der Waals surface area contributed by atoms with Gasteiger partial charge < -0.3 is 4.98 Å². The van der Waals surface area contributed by atoms with Gasteiger partial charge in [0, 0.05) is 28.7 Å². The van der Waals surface area contributed by atoms with Crippen LogP contribution in [0.1, 0.15) is 0 Å². The van der Waals surface area contributed by atoms with Crippen LogP contribution in [0.2, 0.25) is 0 Å². The first-order valence-electron chi connectivity index (χ1n) is 5.08. The number of aromatic amines is 1. The van der Waals surface area contributed by atoms with Gasteiger partial charge in [-0.1, -0.05) is 23.1 Å². The minimum Gasteiger partial charge on any atom is -0.346 e. The predicted octanol–water partition coefficient (Wildman–Crippen LogP) is 3.68. The molecule has 3 heterocycles. The Balaban J connectivity index is 1.96. The molecule has 0 unspecified atom stereocenters. The van der Waals surface area contributed by atoms with E-state index in [4.69, 9.17) is 0 Å². The summed E-state index contributed by atoms with van der Waals surface area (Å²) < 4.78 is 0.899. The van der Waals surface area contributed by atoms with Crippen molar-refractivity contribution in [1.82, 2.24) is 9.97 Å². The maximum atomic E-state index is 10.6. The monoisotopic (exact) mass is 277 g/mol. The predicted molar refractivity (Wildman–Crippen MR) is 71.2 cm³/mol. The van der Waals surface area contributed by atoms with Crippen LogP contribution in [0, 0.1) is 10.1 Å². The van der Waals surface area contributed by atoms with Crippen LogP contribution in [0.25, 0.3) is 11.0 Å². The fraction of sp³-hybridized carbons (Fsp3) is 0. The van der Waals surface area contributed by atoms with Gasteiger partial charge >= 0.3 is 5.00 Å². The summed E-state index contributed by atoms with van der Waals surface area (Å²) in [5.41, 5.74) is 0.825. The maximum absolute atomic E-state index is 10.6. The van der Waals surface area contributed by atoms with Crippen molar-refractivity contribution in [1.29, 1.82) is 0 Å². The first kappa shape index (κ1) is 11.2. The number of fused-ring (bicyclic) bond motifs is 1. The highest BCUT2D eigenvalue weighted by molar-refractivity contribution is 8.01. The molecule has 3 aromatic rings. The lowest BCUT2D eigenvalue weighted by Gasteiger charge is -1.99. The summed E-state index contributed by atoms with van der Waals surface area (Å²) in [6.45, 7) is 0. The lowest BCUT2D eigenvalue weighted by atomic mass is 10.3. The van der Waals surface area contributed by atoms with Gasteiger partial charge in [-0.3, -0.25) is 10.1 Å². The molecule has 0 radical (unpaired) electrons. The summed E-state index contributed by atoms with van der Waals surface area (Å²) in [4.78, 5) is 18.5. The third kappa shape index (κ3) is 1.98. The number of hydrogen-bond acceptors (Lipinski definition) is 5. The van der Waals surface area contributed by atoms with Crippen LogP contribution >= 0.6 is 23.1 Å². The summed E-state index contributed by atoms with van der Waals surface area (Å²) >= 11 is 2.69. The average molecular weight is 277 g/mol. The number of aromatic nitrogens is 2. The fourth-order valence-corrected chi connectivity index (χ4v) is 3.60. The summed E-state index contributed by atoms with van der Waals surface area (Å²) in [6, 6.07) is 7.16. The van der Waals surface area contributed by atoms with E-state index in [0.717, 1.165) is 20.1 Å². The summed E-state index contributed by atoms with van der Waals surface area (Å²) in [5.74, 6) is 0. The number of nitro groups is 1. The molecule has 0 saturated carbocycles. The van der Waals surface area contributed by atoms with Gasteiger partial charge in [0.25, 0.3) is 0 Å². The highest BCUT2D eigenvalue weighted by Crippen LogP contribution is 2.38. The summed E-state index contributed by atoms with van der Waals surface area (Å²) in [6.07, 6.45) is 3.56. The second kappa shape index (κ2) is 4.43. The number of thiophene rings is 1. The van der Waals surface area contributed by atoms with Gasteiger partial charge in [-0.2, -0.15) is 0 Å².